The average molecular weight is 433 g/mol. The lowest BCUT2D eigenvalue weighted by molar-refractivity contribution is -0.0822. The zero-order valence-electron chi connectivity index (χ0n) is 18.6. The summed E-state index contributed by atoms with van der Waals surface area (Å²) in [7, 11) is 0. The summed E-state index contributed by atoms with van der Waals surface area (Å²) in [6, 6.07) is 0. The molecule has 0 aromatic heterocycles. The summed E-state index contributed by atoms with van der Waals surface area (Å²) in [5.41, 5.74) is 0. The Bertz CT molecular complexity index is 520. The lowest BCUT2D eigenvalue weighted by atomic mass is 9.70. The fourth-order valence-electron chi connectivity index (χ4n) is 6.23. The van der Waals surface area contributed by atoms with Crippen molar-refractivity contribution in [3.63, 3.8) is 0 Å². The van der Waals surface area contributed by atoms with Crippen molar-refractivity contribution in [1.82, 2.24) is 0 Å². The standard InChI is InChI=1S/C25H40F4O/c1-2-3-18-4-8-20(9-5-18)21-12-14-23(15-13-21)30-17-19-6-10-22(11-7-19)24(26)16-25(27,28)29/h16,18-23H,2-15,17H2,1H3. The van der Waals surface area contributed by atoms with Crippen LogP contribution in [0, 0.1) is 29.6 Å². The fourth-order valence-corrected chi connectivity index (χ4v) is 6.23. The van der Waals surface area contributed by atoms with Crippen LogP contribution in [0.1, 0.15) is 96.8 Å². The summed E-state index contributed by atoms with van der Waals surface area (Å²) < 4.78 is 56.9. The van der Waals surface area contributed by atoms with E-state index in [1.54, 1.807) is 0 Å². The molecule has 0 aliphatic heterocycles. The highest BCUT2D eigenvalue weighted by Crippen LogP contribution is 2.42. The maximum Gasteiger partial charge on any atom is 0.412 e. The highest BCUT2D eigenvalue weighted by Gasteiger charge is 2.33. The summed E-state index contributed by atoms with van der Waals surface area (Å²) in [4.78, 5) is 0. The van der Waals surface area contributed by atoms with Gasteiger partial charge in [0.2, 0.25) is 0 Å². The van der Waals surface area contributed by atoms with Crippen molar-refractivity contribution in [3.8, 4) is 0 Å². The number of allylic oxidation sites excluding steroid dienone is 2. The van der Waals surface area contributed by atoms with Gasteiger partial charge in [0.25, 0.3) is 0 Å². The van der Waals surface area contributed by atoms with Crippen LogP contribution in [0.25, 0.3) is 0 Å². The Morgan fingerprint density at radius 3 is 1.87 bits per heavy atom. The van der Waals surface area contributed by atoms with Gasteiger partial charge in [-0.1, -0.05) is 32.6 Å². The molecule has 3 aliphatic rings. The van der Waals surface area contributed by atoms with Gasteiger partial charge in [-0.15, -0.1) is 0 Å². The first-order valence-corrected chi connectivity index (χ1v) is 12.4. The highest BCUT2D eigenvalue weighted by atomic mass is 19.4. The minimum Gasteiger partial charge on any atom is -0.378 e. The van der Waals surface area contributed by atoms with Gasteiger partial charge < -0.3 is 4.74 Å². The Labute approximate surface area is 180 Å². The molecule has 3 rings (SSSR count). The first-order valence-electron chi connectivity index (χ1n) is 12.4. The van der Waals surface area contributed by atoms with Crippen LogP contribution in [0.5, 0.6) is 0 Å². The lowest BCUT2D eigenvalue weighted by Gasteiger charge is -2.38. The largest absolute Gasteiger partial charge is 0.412 e. The summed E-state index contributed by atoms with van der Waals surface area (Å²) in [5, 5.41) is 0. The molecule has 0 spiro atoms. The predicted octanol–water partition coefficient (Wildman–Crippen LogP) is 8.39. The van der Waals surface area contributed by atoms with Crippen LogP contribution in [-0.4, -0.2) is 18.9 Å². The van der Waals surface area contributed by atoms with Gasteiger partial charge >= 0.3 is 6.18 Å². The van der Waals surface area contributed by atoms with E-state index >= 15 is 0 Å². The fraction of sp³-hybridized carbons (Fsp3) is 0.920. The molecule has 0 N–H and O–H groups in total. The van der Waals surface area contributed by atoms with E-state index in [0.717, 1.165) is 43.4 Å². The molecule has 3 aliphatic carbocycles. The molecule has 174 valence electrons. The lowest BCUT2D eigenvalue weighted by Crippen LogP contribution is -2.30. The van der Waals surface area contributed by atoms with Gasteiger partial charge in [-0.3, -0.25) is 0 Å². The zero-order chi connectivity index (χ0) is 21.6. The van der Waals surface area contributed by atoms with E-state index in [1.165, 1.54) is 51.4 Å². The third kappa shape index (κ3) is 7.53. The Balaban J connectivity index is 1.30. The predicted molar refractivity (Wildman–Crippen MR) is 113 cm³/mol. The van der Waals surface area contributed by atoms with Crippen molar-refractivity contribution in [1.29, 1.82) is 0 Å². The van der Waals surface area contributed by atoms with Crippen molar-refractivity contribution in [2.24, 2.45) is 29.6 Å². The van der Waals surface area contributed by atoms with E-state index in [-0.39, 0.29) is 6.08 Å². The van der Waals surface area contributed by atoms with E-state index in [0.29, 0.717) is 31.5 Å². The van der Waals surface area contributed by atoms with Gasteiger partial charge in [0, 0.05) is 12.5 Å². The van der Waals surface area contributed by atoms with Crippen molar-refractivity contribution >= 4 is 0 Å². The van der Waals surface area contributed by atoms with Crippen LogP contribution >= 0.6 is 0 Å². The monoisotopic (exact) mass is 432 g/mol. The molecular weight excluding hydrogens is 392 g/mol. The number of rotatable bonds is 7. The van der Waals surface area contributed by atoms with E-state index in [4.69, 9.17) is 4.74 Å². The molecule has 5 heteroatoms. The van der Waals surface area contributed by atoms with Crippen molar-refractivity contribution in [3.05, 3.63) is 11.9 Å². The first-order chi connectivity index (χ1) is 14.3. The summed E-state index contributed by atoms with van der Waals surface area (Å²) in [6.07, 6.45) is 11.4. The van der Waals surface area contributed by atoms with Gasteiger partial charge in [-0.2, -0.15) is 13.2 Å². The van der Waals surface area contributed by atoms with Crippen LogP contribution in [0.15, 0.2) is 11.9 Å². The number of alkyl halides is 3. The molecule has 3 saturated carbocycles. The van der Waals surface area contributed by atoms with Crippen molar-refractivity contribution in [2.75, 3.05) is 6.61 Å². The number of hydrogen-bond acceptors (Lipinski definition) is 1. The molecule has 0 heterocycles. The first kappa shape index (κ1) is 24.1. The maximum atomic E-state index is 13.7. The molecule has 30 heavy (non-hydrogen) atoms. The molecule has 0 bridgehead atoms. The molecule has 0 aromatic carbocycles. The van der Waals surface area contributed by atoms with Crippen LogP contribution in [0.4, 0.5) is 17.6 Å². The van der Waals surface area contributed by atoms with Crippen molar-refractivity contribution < 1.29 is 22.3 Å². The van der Waals surface area contributed by atoms with Crippen LogP contribution in [0.2, 0.25) is 0 Å². The normalized spacial score (nSPS) is 36.6. The van der Waals surface area contributed by atoms with Gasteiger partial charge in [-0.25, -0.2) is 4.39 Å². The quantitative estimate of drug-likeness (QED) is 0.367. The molecule has 0 radical (unpaired) electrons. The SMILES string of the molecule is CCCC1CCC(C2CCC(OCC3CCC(C(F)=CC(F)(F)F)CC3)CC2)CC1. The molecule has 0 unspecified atom stereocenters. The Kier molecular flexibility index (Phi) is 9.09. The number of hydrogen-bond donors (Lipinski definition) is 0. The molecule has 0 aromatic rings. The van der Waals surface area contributed by atoms with E-state index in [9.17, 15) is 17.6 Å². The minimum absolute atomic E-state index is 0.163. The van der Waals surface area contributed by atoms with Crippen LogP contribution in [0.3, 0.4) is 0 Å². The smallest absolute Gasteiger partial charge is 0.378 e. The van der Waals surface area contributed by atoms with Crippen molar-refractivity contribution in [2.45, 2.75) is 109 Å². The second kappa shape index (κ2) is 11.3. The average Bonchev–Trinajstić information content (AvgIpc) is 2.73. The Hall–Kier alpha value is -0.580. The van der Waals surface area contributed by atoms with Crippen LogP contribution < -0.4 is 0 Å². The summed E-state index contributed by atoms with van der Waals surface area (Å²) in [6.45, 7) is 2.98. The number of halogens is 4. The van der Waals surface area contributed by atoms with Gasteiger partial charge in [0.05, 0.1) is 12.2 Å². The second-order valence-corrected chi connectivity index (χ2v) is 10.2. The van der Waals surface area contributed by atoms with Gasteiger partial charge in [-0.05, 0) is 87.9 Å². The third-order valence-corrected chi connectivity index (χ3v) is 8.08. The van der Waals surface area contributed by atoms with Gasteiger partial charge in [0.1, 0.15) is 5.83 Å². The molecule has 1 nitrogen and oxygen atoms in total. The second-order valence-electron chi connectivity index (χ2n) is 10.2. The topological polar surface area (TPSA) is 9.23 Å². The molecule has 0 saturated heterocycles. The number of ether oxygens (including phenoxy) is 1. The maximum absolute atomic E-state index is 13.7. The molecule has 0 amide bonds. The highest BCUT2D eigenvalue weighted by molar-refractivity contribution is 5.03. The summed E-state index contributed by atoms with van der Waals surface area (Å²) >= 11 is 0. The zero-order valence-corrected chi connectivity index (χ0v) is 18.6. The third-order valence-electron chi connectivity index (χ3n) is 8.08. The van der Waals surface area contributed by atoms with Gasteiger partial charge in [0.15, 0.2) is 0 Å². The Morgan fingerprint density at radius 1 is 0.800 bits per heavy atom. The van der Waals surface area contributed by atoms with E-state index < -0.39 is 17.9 Å². The summed E-state index contributed by atoms with van der Waals surface area (Å²) in [5.74, 6) is 1.58. The molecular formula is C25H40F4O. The molecule has 3 fully saturated rings. The van der Waals surface area contributed by atoms with E-state index in [2.05, 4.69) is 6.92 Å². The minimum atomic E-state index is -4.56. The van der Waals surface area contributed by atoms with E-state index in [1.807, 2.05) is 0 Å². The molecule has 0 atom stereocenters. The Morgan fingerprint density at radius 2 is 1.33 bits per heavy atom. The van der Waals surface area contributed by atoms with Crippen LogP contribution in [-0.2, 0) is 4.74 Å².